The highest BCUT2D eigenvalue weighted by Gasteiger charge is 2.30. The van der Waals surface area contributed by atoms with Crippen molar-refractivity contribution in [3.8, 4) is 11.5 Å². The highest BCUT2D eigenvalue weighted by atomic mass is 19.4. The van der Waals surface area contributed by atoms with Crippen LogP contribution < -0.4 is 14.8 Å². The average Bonchev–Trinajstić information content (AvgIpc) is 2.77. The van der Waals surface area contributed by atoms with Gasteiger partial charge in [-0.25, -0.2) is 0 Å². The highest BCUT2D eigenvalue weighted by Crippen LogP contribution is 2.29. The molecule has 0 aliphatic carbocycles. The van der Waals surface area contributed by atoms with Gasteiger partial charge in [-0.05, 0) is 82.0 Å². The minimum Gasteiger partial charge on any atom is -0.484 e. The van der Waals surface area contributed by atoms with Gasteiger partial charge in [0, 0.05) is 17.6 Å². The van der Waals surface area contributed by atoms with Crippen LogP contribution in [0, 0.1) is 6.92 Å². The summed E-state index contributed by atoms with van der Waals surface area (Å²) in [6, 6.07) is 11.1. The maximum atomic E-state index is 12.6. The third-order valence-corrected chi connectivity index (χ3v) is 5.74. The van der Waals surface area contributed by atoms with Crippen LogP contribution in [0.2, 0.25) is 0 Å². The van der Waals surface area contributed by atoms with E-state index in [-0.39, 0.29) is 41.6 Å². The Hall–Kier alpha value is -3.23. The Morgan fingerprint density at radius 1 is 1.03 bits per heavy atom. The summed E-state index contributed by atoms with van der Waals surface area (Å²) in [6.45, 7) is 4.23. The summed E-state index contributed by atoms with van der Waals surface area (Å²) < 4.78 is 48.1. The summed E-state index contributed by atoms with van der Waals surface area (Å²) in [5.41, 5.74) is 1.11. The van der Waals surface area contributed by atoms with Gasteiger partial charge in [0.2, 0.25) is 0 Å². The smallest absolute Gasteiger partial charge is 0.422 e. The molecule has 1 aliphatic rings. The number of halogens is 3. The van der Waals surface area contributed by atoms with E-state index in [2.05, 4.69) is 5.32 Å². The molecule has 184 valence electrons. The number of hydrogen-bond acceptors (Lipinski definition) is 4. The van der Waals surface area contributed by atoms with Crippen LogP contribution in [-0.2, 0) is 4.79 Å². The lowest BCUT2D eigenvalue weighted by atomic mass is 9.97. The van der Waals surface area contributed by atoms with E-state index in [1.807, 2.05) is 18.7 Å². The van der Waals surface area contributed by atoms with E-state index >= 15 is 0 Å². The van der Waals surface area contributed by atoms with E-state index in [1.165, 1.54) is 24.3 Å². The molecule has 2 atom stereocenters. The van der Waals surface area contributed by atoms with Gasteiger partial charge in [0.25, 0.3) is 11.8 Å². The number of benzene rings is 2. The molecule has 0 bridgehead atoms. The number of alkyl halides is 3. The van der Waals surface area contributed by atoms with Gasteiger partial charge in [-0.15, -0.1) is 0 Å². The monoisotopic (exact) mass is 478 g/mol. The fraction of sp³-hybridized carbons (Fsp3) is 0.440. The number of likely N-dealkylation sites (tertiary alicyclic amines) is 1. The zero-order valence-corrected chi connectivity index (χ0v) is 19.4. The number of carbonyl (C=O) groups is 2. The standard InChI is InChI=1S/C25H29F3N2O4/c1-16-7-12-21(22(13-16)34-15-25(26,27)28)29-24(32)19-8-10-20(11-9-19)33-14-23(31)30-17(2)5-4-6-18(30)3/h7-13,17-18H,4-6,14-15H2,1-3H3,(H,29,32). The van der Waals surface area contributed by atoms with Gasteiger partial charge >= 0.3 is 6.18 Å². The van der Waals surface area contributed by atoms with Crippen LogP contribution in [0.3, 0.4) is 0 Å². The first-order valence-corrected chi connectivity index (χ1v) is 11.2. The van der Waals surface area contributed by atoms with Crippen LogP contribution in [0.5, 0.6) is 11.5 Å². The molecule has 6 nitrogen and oxygen atoms in total. The number of hydrogen-bond donors (Lipinski definition) is 1. The number of aryl methyl sites for hydroxylation is 1. The Morgan fingerprint density at radius 3 is 2.29 bits per heavy atom. The molecule has 0 radical (unpaired) electrons. The third kappa shape index (κ3) is 6.88. The van der Waals surface area contributed by atoms with Crippen molar-refractivity contribution < 1.29 is 32.2 Å². The second kappa shape index (κ2) is 10.8. The molecule has 1 aliphatic heterocycles. The lowest BCUT2D eigenvalue weighted by Crippen LogP contribution is -2.49. The number of piperidine rings is 1. The lowest BCUT2D eigenvalue weighted by Gasteiger charge is -2.38. The van der Waals surface area contributed by atoms with Crippen molar-refractivity contribution in [1.29, 1.82) is 0 Å². The number of ether oxygens (including phenoxy) is 2. The molecule has 34 heavy (non-hydrogen) atoms. The Balaban J connectivity index is 1.60. The molecule has 2 aromatic rings. The molecule has 0 spiro atoms. The molecule has 2 aromatic carbocycles. The number of nitrogens with zero attached hydrogens (tertiary/aromatic N) is 1. The van der Waals surface area contributed by atoms with Crippen molar-refractivity contribution in [2.45, 2.75) is 58.3 Å². The molecule has 2 amide bonds. The summed E-state index contributed by atoms with van der Waals surface area (Å²) in [5, 5.41) is 2.58. The molecule has 3 rings (SSSR count). The highest BCUT2D eigenvalue weighted by molar-refractivity contribution is 6.05. The quantitative estimate of drug-likeness (QED) is 0.582. The zero-order chi connectivity index (χ0) is 24.9. The van der Waals surface area contributed by atoms with Crippen LogP contribution >= 0.6 is 0 Å². The van der Waals surface area contributed by atoms with E-state index in [0.29, 0.717) is 11.3 Å². The summed E-state index contributed by atoms with van der Waals surface area (Å²) in [6.07, 6.45) is -1.44. The van der Waals surface area contributed by atoms with E-state index in [4.69, 9.17) is 9.47 Å². The van der Waals surface area contributed by atoms with Crippen molar-refractivity contribution in [2.24, 2.45) is 0 Å². The number of anilines is 1. The van der Waals surface area contributed by atoms with Crippen LogP contribution in [0.15, 0.2) is 42.5 Å². The minimum atomic E-state index is -4.49. The minimum absolute atomic E-state index is 0.0645. The van der Waals surface area contributed by atoms with Gasteiger partial charge in [-0.2, -0.15) is 13.2 Å². The van der Waals surface area contributed by atoms with Crippen LogP contribution in [0.4, 0.5) is 18.9 Å². The van der Waals surface area contributed by atoms with E-state index in [9.17, 15) is 22.8 Å². The van der Waals surface area contributed by atoms with Gasteiger partial charge in [-0.1, -0.05) is 6.07 Å². The van der Waals surface area contributed by atoms with Gasteiger partial charge in [-0.3, -0.25) is 9.59 Å². The van der Waals surface area contributed by atoms with Crippen LogP contribution in [0.1, 0.15) is 49.0 Å². The maximum Gasteiger partial charge on any atom is 0.422 e. The van der Waals surface area contributed by atoms with Crippen molar-refractivity contribution in [3.63, 3.8) is 0 Å². The molecule has 1 saturated heterocycles. The van der Waals surface area contributed by atoms with Crippen molar-refractivity contribution in [3.05, 3.63) is 53.6 Å². The van der Waals surface area contributed by atoms with Gasteiger partial charge in [0.05, 0.1) is 5.69 Å². The van der Waals surface area contributed by atoms with Gasteiger partial charge in [0.1, 0.15) is 11.5 Å². The van der Waals surface area contributed by atoms with Crippen LogP contribution in [-0.4, -0.2) is 48.2 Å². The molecule has 2 unspecified atom stereocenters. The first-order valence-electron chi connectivity index (χ1n) is 11.2. The molecule has 1 heterocycles. The van der Waals surface area contributed by atoms with E-state index < -0.39 is 18.7 Å². The Morgan fingerprint density at radius 2 is 1.68 bits per heavy atom. The molecule has 9 heteroatoms. The van der Waals surface area contributed by atoms with E-state index in [0.717, 1.165) is 19.3 Å². The summed E-state index contributed by atoms with van der Waals surface area (Å²) in [4.78, 5) is 27.1. The zero-order valence-electron chi connectivity index (χ0n) is 19.4. The molecular weight excluding hydrogens is 449 g/mol. The second-order valence-corrected chi connectivity index (χ2v) is 8.60. The predicted molar refractivity (Wildman–Crippen MR) is 122 cm³/mol. The van der Waals surface area contributed by atoms with Gasteiger partial charge in [0.15, 0.2) is 13.2 Å². The predicted octanol–water partition coefficient (Wildman–Crippen LogP) is 5.36. The fourth-order valence-electron chi connectivity index (χ4n) is 4.04. The van der Waals surface area contributed by atoms with Gasteiger partial charge < -0.3 is 19.7 Å². The van der Waals surface area contributed by atoms with Crippen molar-refractivity contribution in [1.82, 2.24) is 4.90 Å². The summed E-state index contributed by atoms with van der Waals surface area (Å²) in [7, 11) is 0. The van der Waals surface area contributed by atoms with Crippen molar-refractivity contribution in [2.75, 3.05) is 18.5 Å². The SMILES string of the molecule is Cc1ccc(NC(=O)c2ccc(OCC(=O)N3C(C)CCCC3C)cc2)c(OCC(F)(F)F)c1. The lowest BCUT2D eigenvalue weighted by molar-refractivity contribution is -0.153. The largest absolute Gasteiger partial charge is 0.484 e. The average molecular weight is 479 g/mol. The topological polar surface area (TPSA) is 67.9 Å². The number of carbonyl (C=O) groups excluding carboxylic acids is 2. The maximum absolute atomic E-state index is 12.6. The Bertz CT molecular complexity index is 998. The van der Waals surface area contributed by atoms with E-state index in [1.54, 1.807) is 25.1 Å². The molecule has 1 fully saturated rings. The Labute approximate surface area is 197 Å². The summed E-state index contributed by atoms with van der Waals surface area (Å²) >= 11 is 0. The number of nitrogens with one attached hydrogen (secondary N) is 1. The first-order chi connectivity index (χ1) is 16.0. The number of amides is 2. The molecule has 0 aromatic heterocycles. The first kappa shape index (κ1) is 25.4. The molecular formula is C25H29F3N2O4. The second-order valence-electron chi connectivity index (χ2n) is 8.60. The normalized spacial score (nSPS) is 18.4. The fourth-order valence-corrected chi connectivity index (χ4v) is 4.04. The number of rotatable bonds is 7. The van der Waals surface area contributed by atoms with Crippen LogP contribution in [0.25, 0.3) is 0 Å². The molecule has 1 N–H and O–H groups in total. The third-order valence-electron chi connectivity index (χ3n) is 5.74. The molecule has 0 saturated carbocycles. The summed E-state index contributed by atoms with van der Waals surface area (Å²) in [5.74, 6) is -0.219. The Kier molecular flexibility index (Phi) is 8.06. The van der Waals surface area contributed by atoms with Crippen molar-refractivity contribution >= 4 is 17.5 Å².